The quantitative estimate of drug-likeness (QED) is 0.929. The third-order valence-corrected chi connectivity index (χ3v) is 2.95. The highest BCUT2D eigenvalue weighted by Gasteiger charge is 2.05. The zero-order valence-corrected chi connectivity index (χ0v) is 11.7. The van der Waals surface area contributed by atoms with E-state index in [1.54, 1.807) is 25.1 Å². The number of halogens is 1. The zero-order chi connectivity index (χ0) is 14.5. The Hall–Kier alpha value is -2.14. The molecule has 5 nitrogen and oxygen atoms in total. The predicted octanol–water partition coefficient (Wildman–Crippen LogP) is 1.52. The lowest BCUT2D eigenvalue weighted by Crippen LogP contribution is -2.33. The summed E-state index contributed by atoms with van der Waals surface area (Å²) in [4.78, 5) is 23.3. The molecule has 0 aliphatic heterocycles. The summed E-state index contributed by atoms with van der Waals surface area (Å²) in [6.07, 6.45) is 0. The minimum atomic E-state index is -0.294. The molecule has 1 N–H and O–H groups in total. The SMILES string of the molecule is Cc1ccc(=O)n(CC(=O)NCc2ccc(Cl)cc2)n1. The number of rotatable bonds is 4. The topological polar surface area (TPSA) is 64.0 Å². The molecule has 1 heterocycles. The van der Waals surface area contributed by atoms with Crippen molar-refractivity contribution >= 4 is 17.5 Å². The molecule has 0 bridgehead atoms. The van der Waals surface area contributed by atoms with Crippen molar-refractivity contribution in [1.82, 2.24) is 15.1 Å². The number of nitrogens with zero attached hydrogens (tertiary/aromatic N) is 2. The molecule has 0 unspecified atom stereocenters. The van der Waals surface area contributed by atoms with Crippen molar-refractivity contribution in [3.8, 4) is 0 Å². The van der Waals surface area contributed by atoms with Gasteiger partial charge in [0.2, 0.25) is 5.91 Å². The van der Waals surface area contributed by atoms with E-state index in [1.807, 2.05) is 12.1 Å². The van der Waals surface area contributed by atoms with Crippen LogP contribution in [-0.4, -0.2) is 15.7 Å². The molecule has 0 aliphatic carbocycles. The van der Waals surface area contributed by atoms with E-state index in [1.165, 1.54) is 6.07 Å². The van der Waals surface area contributed by atoms with E-state index < -0.39 is 0 Å². The van der Waals surface area contributed by atoms with Crippen LogP contribution in [0.4, 0.5) is 0 Å². The molecule has 1 aromatic carbocycles. The summed E-state index contributed by atoms with van der Waals surface area (Å²) in [5, 5.41) is 7.39. The number of aromatic nitrogens is 2. The standard InChI is InChI=1S/C14H14ClN3O2/c1-10-2-7-14(20)18(17-10)9-13(19)16-8-11-3-5-12(15)6-4-11/h2-7H,8-9H2,1H3,(H,16,19). The van der Waals surface area contributed by atoms with Gasteiger partial charge in [-0.1, -0.05) is 23.7 Å². The first-order chi connectivity index (χ1) is 9.54. The van der Waals surface area contributed by atoms with Crippen molar-refractivity contribution < 1.29 is 4.79 Å². The summed E-state index contributed by atoms with van der Waals surface area (Å²) in [5.74, 6) is -0.264. The smallest absolute Gasteiger partial charge is 0.267 e. The van der Waals surface area contributed by atoms with Crippen LogP contribution < -0.4 is 10.9 Å². The van der Waals surface area contributed by atoms with E-state index in [2.05, 4.69) is 10.4 Å². The molecule has 6 heteroatoms. The second-order valence-electron chi connectivity index (χ2n) is 4.37. The number of nitrogens with one attached hydrogen (secondary N) is 1. The van der Waals surface area contributed by atoms with Crippen molar-refractivity contribution in [1.29, 1.82) is 0 Å². The van der Waals surface area contributed by atoms with Gasteiger partial charge in [-0.25, -0.2) is 4.68 Å². The van der Waals surface area contributed by atoms with E-state index in [0.717, 1.165) is 10.2 Å². The minimum absolute atomic E-state index is 0.0892. The third kappa shape index (κ3) is 3.93. The monoisotopic (exact) mass is 291 g/mol. The van der Waals surface area contributed by atoms with Gasteiger partial charge in [-0.15, -0.1) is 0 Å². The van der Waals surface area contributed by atoms with Gasteiger partial charge >= 0.3 is 0 Å². The lowest BCUT2D eigenvalue weighted by atomic mass is 10.2. The highest BCUT2D eigenvalue weighted by atomic mass is 35.5. The van der Waals surface area contributed by atoms with E-state index >= 15 is 0 Å². The maximum atomic E-state index is 11.8. The molecule has 0 saturated carbocycles. The second kappa shape index (κ2) is 6.34. The summed E-state index contributed by atoms with van der Waals surface area (Å²) >= 11 is 5.78. The van der Waals surface area contributed by atoms with Crippen molar-refractivity contribution in [2.24, 2.45) is 0 Å². The number of amides is 1. The highest BCUT2D eigenvalue weighted by Crippen LogP contribution is 2.08. The Morgan fingerprint density at radius 3 is 2.65 bits per heavy atom. The van der Waals surface area contributed by atoms with Gasteiger partial charge in [0.25, 0.3) is 5.56 Å². The molecule has 104 valence electrons. The van der Waals surface area contributed by atoms with Gasteiger partial charge < -0.3 is 5.32 Å². The van der Waals surface area contributed by atoms with Crippen molar-refractivity contribution in [2.75, 3.05) is 0 Å². The Balaban J connectivity index is 1.94. The van der Waals surface area contributed by atoms with Gasteiger partial charge in [0, 0.05) is 17.6 Å². The van der Waals surface area contributed by atoms with E-state index in [0.29, 0.717) is 17.3 Å². The summed E-state index contributed by atoms with van der Waals surface area (Å²) < 4.78 is 1.15. The Labute approximate surface area is 121 Å². The molecule has 0 atom stereocenters. The first-order valence-corrected chi connectivity index (χ1v) is 6.48. The van der Waals surface area contributed by atoms with E-state index in [-0.39, 0.29) is 18.0 Å². The van der Waals surface area contributed by atoms with Crippen LogP contribution in [0.3, 0.4) is 0 Å². The molecular formula is C14H14ClN3O2. The first-order valence-electron chi connectivity index (χ1n) is 6.10. The summed E-state index contributed by atoms with van der Waals surface area (Å²) in [6, 6.07) is 10.2. The Morgan fingerprint density at radius 1 is 1.25 bits per heavy atom. The normalized spacial score (nSPS) is 10.3. The highest BCUT2D eigenvalue weighted by molar-refractivity contribution is 6.30. The number of carbonyl (C=O) groups is 1. The lowest BCUT2D eigenvalue weighted by molar-refractivity contribution is -0.122. The molecule has 0 radical (unpaired) electrons. The van der Waals surface area contributed by atoms with Gasteiger partial charge in [0.1, 0.15) is 6.54 Å². The summed E-state index contributed by atoms with van der Waals surface area (Å²) in [5.41, 5.74) is 1.33. The third-order valence-electron chi connectivity index (χ3n) is 2.70. The van der Waals surface area contributed by atoms with E-state index in [9.17, 15) is 9.59 Å². The minimum Gasteiger partial charge on any atom is -0.350 e. The molecule has 20 heavy (non-hydrogen) atoms. The molecule has 0 spiro atoms. The average molecular weight is 292 g/mol. The van der Waals surface area contributed by atoms with Gasteiger partial charge in [-0.05, 0) is 30.7 Å². The van der Waals surface area contributed by atoms with Crippen molar-refractivity contribution in [2.45, 2.75) is 20.0 Å². The maximum absolute atomic E-state index is 11.8. The van der Waals surface area contributed by atoms with Gasteiger partial charge in [-0.2, -0.15) is 5.10 Å². The fraction of sp³-hybridized carbons (Fsp3) is 0.214. The van der Waals surface area contributed by atoms with Crippen LogP contribution >= 0.6 is 11.6 Å². The molecule has 0 saturated heterocycles. The summed E-state index contributed by atoms with van der Waals surface area (Å²) in [6.45, 7) is 2.06. The first kappa shape index (κ1) is 14.3. The number of carbonyl (C=O) groups excluding carboxylic acids is 1. The number of hydrogen-bond acceptors (Lipinski definition) is 3. The second-order valence-corrected chi connectivity index (χ2v) is 4.81. The fourth-order valence-electron chi connectivity index (χ4n) is 1.66. The van der Waals surface area contributed by atoms with Crippen LogP contribution in [0.15, 0.2) is 41.2 Å². The number of aryl methyl sites for hydroxylation is 1. The van der Waals surface area contributed by atoms with Crippen molar-refractivity contribution in [3.05, 3.63) is 63.0 Å². The number of hydrogen-bond donors (Lipinski definition) is 1. The van der Waals surface area contributed by atoms with E-state index in [4.69, 9.17) is 11.6 Å². The van der Waals surface area contributed by atoms with Gasteiger partial charge in [0.15, 0.2) is 0 Å². The van der Waals surface area contributed by atoms with Crippen LogP contribution in [0.1, 0.15) is 11.3 Å². The Bertz CT molecular complexity index is 665. The predicted molar refractivity (Wildman–Crippen MR) is 76.5 cm³/mol. The number of benzene rings is 1. The zero-order valence-electron chi connectivity index (χ0n) is 11.0. The van der Waals surface area contributed by atoms with Crippen molar-refractivity contribution in [3.63, 3.8) is 0 Å². The molecule has 1 amide bonds. The maximum Gasteiger partial charge on any atom is 0.267 e. The molecule has 2 rings (SSSR count). The molecule has 2 aromatic rings. The molecular weight excluding hydrogens is 278 g/mol. The largest absolute Gasteiger partial charge is 0.350 e. The lowest BCUT2D eigenvalue weighted by Gasteiger charge is -2.07. The average Bonchev–Trinajstić information content (AvgIpc) is 2.42. The van der Waals surface area contributed by atoms with Gasteiger partial charge in [-0.3, -0.25) is 9.59 Å². The Kier molecular flexibility index (Phi) is 4.53. The van der Waals surface area contributed by atoms with Crippen LogP contribution in [0.5, 0.6) is 0 Å². The Morgan fingerprint density at radius 2 is 1.95 bits per heavy atom. The molecule has 1 aromatic heterocycles. The molecule has 0 aliphatic rings. The van der Waals surface area contributed by atoms with Crippen LogP contribution in [0.2, 0.25) is 5.02 Å². The van der Waals surface area contributed by atoms with Crippen LogP contribution in [0.25, 0.3) is 0 Å². The van der Waals surface area contributed by atoms with Crippen LogP contribution in [-0.2, 0) is 17.9 Å². The summed E-state index contributed by atoms with van der Waals surface area (Å²) in [7, 11) is 0. The van der Waals surface area contributed by atoms with Gasteiger partial charge in [0.05, 0.1) is 5.69 Å². The molecule has 0 fully saturated rings. The van der Waals surface area contributed by atoms with Crippen LogP contribution in [0, 0.1) is 6.92 Å². The fourth-order valence-corrected chi connectivity index (χ4v) is 1.79.